The number of hydrogen-bond acceptors (Lipinski definition) is 7. The topological polar surface area (TPSA) is 108 Å². The van der Waals surface area contributed by atoms with E-state index in [1.807, 2.05) is 36.9 Å². The largest absolute Gasteiger partial charge is 0.336 e. The van der Waals surface area contributed by atoms with Crippen LogP contribution in [0, 0.1) is 5.92 Å². The number of aromatic nitrogens is 7. The van der Waals surface area contributed by atoms with E-state index >= 15 is 0 Å². The lowest BCUT2D eigenvalue weighted by Crippen LogP contribution is -2.24. The van der Waals surface area contributed by atoms with E-state index in [0.29, 0.717) is 5.82 Å². The molecule has 0 unspecified atom stereocenters. The van der Waals surface area contributed by atoms with Crippen LogP contribution in [-0.4, -0.2) is 41.7 Å². The third-order valence-electron chi connectivity index (χ3n) is 7.40. The van der Waals surface area contributed by atoms with Gasteiger partial charge in [0.05, 0.1) is 27.8 Å². The maximum absolute atomic E-state index is 4.92. The molecule has 0 aliphatic heterocycles. The van der Waals surface area contributed by atoms with Crippen molar-refractivity contribution in [3.63, 3.8) is 0 Å². The van der Waals surface area contributed by atoms with Crippen molar-refractivity contribution in [1.82, 2.24) is 40.4 Å². The lowest BCUT2D eigenvalue weighted by molar-refractivity contribution is 0.342. The fourth-order valence-corrected chi connectivity index (χ4v) is 6.15. The summed E-state index contributed by atoms with van der Waals surface area (Å²) in [4.78, 5) is 23.2. The molecule has 0 bridgehead atoms. The molecule has 8 nitrogen and oxygen atoms in total. The van der Waals surface area contributed by atoms with Crippen LogP contribution in [0.15, 0.2) is 60.5 Å². The normalized spacial score (nSPS) is 14.5. The van der Waals surface area contributed by atoms with Crippen LogP contribution in [0.2, 0.25) is 0 Å². The highest BCUT2D eigenvalue weighted by Crippen LogP contribution is 2.33. The summed E-state index contributed by atoms with van der Waals surface area (Å²) >= 11 is 1.66. The Kier molecular flexibility index (Phi) is 6.15. The molecule has 6 aromatic heterocycles. The fourth-order valence-electron chi connectivity index (χ4n) is 5.43. The molecular weight excluding hydrogens is 492 g/mol. The minimum Gasteiger partial charge on any atom is -0.336 e. The molecule has 7 rings (SSSR count). The second-order valence-corrected chi connectivity index (χ2v) is 11.0. The standard InChI is InChI=1S/C29H28N8S/c1-2-5-18(6-3-1)13-30-14-19-11-20(16-31-15-19)23-12-21-24(17-33-23)36-37-26(21)29-34-22-8-9-32-28(27(22)35-29)25-7-4-10-38-25/h4,7-12,15-18,30H,1-3,5-6,13-14H2,(H,34,35)(H,36,37). The maximum Gasteiger partial charge on any atom is 0.159 e. The smallest absolute Gasteiger partial charge is 0.159 e. The van der Waals surface area contributed by atoms with Gasteiger partial charge >= 0.3 is 0 Å². The van der Waals surface area contributed by atoms with Crippen LogP contribution >= 0.6 is 11.3 Å². The van der Waals surface area contributed by atoms with Gasteiger partial charge in [-0.05, 0) is 60.5 Å². The minimum absolute atomic E-state index is 0.702. The molecule has 9 heteroatoms. The fraction of sp³-hybridized carbons (Fsp3) is 0.276. The Morgan fingerprint density at radius 2 is 1.92 bits per heavy atom. The van der Waals surface area contributed by atoms with Crippen molar-refractivity contribution < 1.29 is 0 Å². The number of aromatic amines is 2. The molecule has 1 saturated carbocycles. The third kappa shape index (κ3) is 4.48. The Bertz CT molecular complexity index is 1690. The first-order valence-electron chi connectivity index (χ1n) is 13.2. The Morgan fingerprint density at radius 1 is 0.974 bits per heavy atom. The van der Waals surface area contributed by atoms with Crippen molar-refractivity contribution in [1.29, 1.82) is 0 Å². The molecule has 0 saturated heterocycles. The van der Waals surface area contributed by atoms with Crippen LogP contribution in [0.1, 0.15) is 37.7 Å². The predicted octanol–water partition coefficient (Wildman–Crippen LogP) is 6.36. The summed E-state index contributed by atoms with van der Waals surface area (Å²) in [5.74, 6) is 1.51. The monoisotopic (exact) mass is 520 g/mol. The molecule has 0 aromatic carbocycles. The van der Waals surface area contributed by atoms with Gasteiger partial charge in [-0.25, -0.2) is 4.98 Å². The first kappa shape index (κ1) is 23.2. The van der Waals surface area contributed by atoms with Gasteiger partial charge in [0.15, 0.2) is 5.82 Å². The van der Waals surface area contributed by atoms with Crippen molar-refractivity contribution in [2.24, 2.45) is 5.92 Å². The van der Waals surface area contributed by atoms with Gasteiger partial charge < -0.3 is 10.3 Å². The van der Waals surface area contributed by atoms with E-state index in [9.17, 15) is 0 Å². The molecule has 1 aliphatic rings. The summed E-state index contributed by atoms with van der Waals surface area (Å²) < 4.78 is 0. The van der Waals surface area contributed by atoms with Crippen LogP contribution in [0.3, 0.4) is 0 Å². The summed E-state index contributed by atoms with van der Waals surface area (Å²) in [5.41, 5.74) is 7.29. The third-order valence-corrected chi connectivity index (χ3v) is 8.28. The van der Waals surface area contributed by atoms with Gasteiger partial charge in [-0.15, -0.1) is 11.3 Å². The number of nitrogens with zero attached hydrogens (tertiary/aromatic N) is 5. The Hall–Kier alpha value is -3.95. The second kappa shape index (κ2) is 10.1. The van der Waals surface area contributed by atoms with Crippen LogP contribution < -0.4 is 5.32 Å². The van der Waals surface area contributed by atoms with Crippen molar-refractivity contribution in [2.45, 2.75) is 38.6 Å². The van der Waals surface area contributed by atoms with Crippen molar-refractivity contribution >= 4 is 33.3 Å². The van der Waals surface area contributed by atoms with Crippen LogP contribution in [-0.2, 0) is 6.54 Å². The summed E-state index contributed by atoms with van der Waals surface area (Å²) in [6.07, 6.45) is 14.3. The second-order valence-electron chi connectivity index (χ2n) is 10.0. The number of fused-ring (bicyclic) bond motifs is 2. The molecule has 0 amide bonds. The summed E-state index contributed by atoms with van der Waals surface area (Å²) in [6.45, 7) is 1.89. The first-order valence-corrected chi connectivity index (χ1v) is 14.1. The molecule has 1 aliphatic carbocycles. The number of hydrogen-bond donors (Lipinski definition) is 3. The lowest BCUT2D eigenvalue weighted by atomic mass is 9.89. The van der Waals surface area contributed by atoms with E-state index in [1.54, 1.807) is 11.3 Å². The minimum atomic E-state index is 0.702. The maximum atomic E-state index is 4.92. The van der Waals surface area contributed by atoms with E-state index in [2.05, 4.69) is 54.0 Å². The van der Waals surface area contributed by atoms with Crippen LogP contribution in [0.25, 0.3) is 55.3 Å². The van der Waals surface area contributed by atoms with Gasteiger partial charge in [0, 0.05) is 36.1 Å². The van der Waals surface area contributed by atoms with Gasteiger partial charge in [-0.3, -0.25) is 20.1 Å². The zero-order valence-corrected chi connectivity index (χ0v) is 21.8. The van der Waals surface area contributed by atoms with Gasteiger partial charge in [-0.2, -0.15) is 5.10 Å². The molecule has 38 heavy (non-hydrogen) atoms. The zero-order valence-electron chi connectivity index (χ0n) is 20.9. The van der Waals surface area contributed by atoms with E-state index in [-0.39, 0.29) is 0 Å². The van der Waals surface area contributed by atoms with Crippen LogP contribution in [0.4, 0.5) is 0 Å². The lowest BCUT2D eigenvalue weighted by Gasteiger charge is -2.21. The van der Waals surface area contributed by atoms with E-state index < -0.39 is 0 Å². The predicted molar refractivity (Wildman–Crippen MR) is 152 cm³/mol. The highest BCUT2D eigenvalue weighted by molar-refractivity contribution is 7.13. The molecule has 6 aromatic rings. The molecule has 190 valence electrons. The number of rotatable bonds is 7. The van der Waals surface area contributed by atoms with E-state index in [4.69, 9.17) is 9.97 Å². The van der Waals surface area contributed by atoms with Gasteiger partial charge in [0.25, 0.3) is 0 Å². The molecular formula is C29H28N8S. The highest BCUT2D eigenvalue weighted by Gasteiger charge is 2.17. The summed E-state index contributed by atoms with van der Waals surface area (Å²) in [6, 6.07) is 10.3. The summed E-state index contributed by atoms with van der Waals surface area (Å²) in [7, 11) is 0. The molecule has 0 spiro atoms. The molecule has 1 fully saturated rings. The van der Waals surface area contributed by atoms with Crippen molar-refractivity contribution in [2.75, 3.05) is 6.54 Å². The zero-order chi connectivity index (χ0) is 25.3. The Balaban J connectivity index is 1.17. The van der Waals surface area contributed by atoms with Gasteiger partial charge in [0.1, 0.15) is 16.9 Å². The SMILES string of the molecule is c1csc(-c2nccc3[nH]c(-c4n[nH]c5cnc(-c6cncc(CNCC7CCCCC7)c6)cc45)nc23)c1. The van der Waals surface area contributed by atoms with Crippen molar-refractivity contribution in [3.05, 3.63) is 66.1 Å². The number of thiophene rings is 1. The quantitative estimate of drug-likeness (QED) is 0.226. The van der Waals surface area contributed by atoms with Crippen LogP contribution in [0.5, 0.6) is 0 Å². The molecule has 0 radical (unpaired) electrons. The average Bonchev–Trinajstić information content (AvgIpc) is 3.73. The molecule has 3 N–H and O–H groups in total. The highest BCUT2D eigenvalue weighted by atomic mass is 32.1. The first-order chi connectivity index (χ1) is 18.8. The molecule has 6 heterocycles. The number of H-pyrrole nitrogens is 2. The van der Waals surface area contributed by atoms with E-state index in [0.717, 1.165) is 68.5 Å². The average molecular weight is 521 g/mol. The number of imidazole rings is 1. The molecule has 0 atom stereocenters. The Labute approximate surface area is 224 Å². The number of pyridine rings is 3. The van der Waals surface area contributed by atoms with Crippen molar-refractivity contribution in [3.8, 4) is 33.3 Å². The Morgan fingerprint density at radius 3 is 2.82 bits per heavy atom. The van der Waals surface area contributed by atoms with Gasteiger partial charge in [-0.1, -0.05) is 25.3 Å². The van der Waals surface area contributed by atoms with Gasteiger partial charge in [0.2, 0.25) is 0 Å². The number of nitrogens with one attached hydrogen (secondary N) is 3. The van der Waals surface area contributed by atoms with E-state index in [1.165, 1.54) is 37.7 Å². The summed E-state index contributed by atoms with van der Waals surface area (Å²) in [5, 5.41) is 14.4.